The monoisotopic (exact) mass is 168 g/mol. The first-order chi connectivity index (χ1) is 5.63. The molecule has 0 aliphatic heterocycles. The van der Waals surface area contributed by atoms with E-state index >= 15 is 0 Å². The van der Waals surface area contributed by atoms with Gasteiger partial charge in [0.25, 0.3) is 0 Å². The molecule has 0 aliphatic rings. The third-order valence-electron chi connectivity index (χ3n) is 1.54. The Morgan fingerprint density at radius 3 is 2.83 bits per heavy atom. The minimum atomic E-state index is 0.154. The number of aromatic nitrogens is 2. The van der Waals surface area contributed by atoms with Crippen molar-refractivity contribution < 1.29 is 5.21 Å². The van der Waals surface area contributed by atoms with Crippen LogP contribution in [0.4, 0.5) is 0 Å². The van der Waals surface area contributed by atoms with Crippen LogP contribution >= 0.6 is 0 Å². The summed E-state index contributed by atoms with van der Waals surface area (Å²) >= 11 is 0. The molecule has 0 atom stereocenters. The van der Waals surface area contributed by atoms with E-state index in [2.05, 4.69) is 10.3 Å². The van der Waals surface area contributed by atoms with Gasteiger partial charge in [-0.15, -0.1) is 0 Å². The highest BCUT2D eigenvalue weighted by atomic mass is 16.4. The van der Waals surface area contributed by atoms with E-state index in [4.69, 9.17) is 10.9 Å². The zero-order valence-corrected chi connectivity index (χ0v) is 7.15. The van der Waals surface area contributed by atoms with Crippen LogP contribution in [-0.4, -0.2) is 20.8 Å². The second-order valence-electron chi connectivity index (χ2n) is 2.68. The summed E-state index contributed by atoms with van der Waals surface area (Å²) in [7, 11) is 0. The molecule has 0 amide bonds. The van der Waals surface area contributed by atoms with E-state index in [0.717, 1.165) is 11.4 Å². The molecule has 3 N–H and O–H groups in total. The van der Waals surface area contributed by atoms with Crippen molar-refractivity contribution in [3.8, 4) is 0 Å². The predicted molar refractivity (Wildman–Crippen MR) is 45.1 cm³/mol. The minimum absolute atomic E-state index is 0.154. The zero-order chi connectivity index (χ0) is 9.14. The van der Waals surface area contributed by atoms with Gasteiger partial charge in [-0.05, 0) is 19.9 Å². The number of rotatable bonds is 2. The van der Waals surface area contributed by atoms with Crippen molar-refractivity contribution >= 4 is 5.84 Å². The van der Waals surface area contributed by atoms with Crippen molar-refractivity contribution in [3.05, 3.63) is 17.5 Å². The number of aryl methyl sites for hydroxylation is 2. The lowest BCUT2D eigenvalue weighted by Gasteiger charge is -2.00. The lowest BCUT2D eigenvalue weighted by Crippen LogP contribution is -2.20. The fourth-order valence-corrected chi connectivity index (χ4v) is 1.02. The van der Waals surface area contributed by atoms with Crippen molar-refractivity contribution in [1.29, 1.82) is 0 Å². The van der Waals surface area contributed by atoms with Crippen molar-refractivity contribution in [1.82, 2.24) is 9.78 Å². The smallest absolute Gasteiger partial charge is 0.160 e. The van der Waals surface area contributed by atoms with Crippen molar-refractivity contribution in [2.45, 2.75) is 20.4 Å². The highest BCUT2D eigenvalue weighted by molar-refractivity contribution is 5.79. The number of hydrogen-bond acceptors (Lipinski definition) is 3. The molecule has 0 saturated carbocycles. The lowest BCUT2D eigenvalue weighted by molar-refractivity contribution is 0.316. The highest BCUT2D eigenvalue weighted by Gasteiger charge is 2.01. The molecule has 12 heavy (non-hydrogen) atoms. The van der Waals surface area contributed by atoms with Crippen LogP contribution in [0.25, 0.3) is 0 Å². The van der Waals surface area contributed by atoms with Gasteiger partial charge in [0, 0.05) is 5.69 Å². The fraction of sp³-hybridized carbons (Fsp3) is 0.429. The van der Waals surface area contributed by atoms with Gasteiger partial charge in [0.05, 0.1) is 5.69 Å². The number of nitrogens with two attached hydrogens (primary N) is 1. The van der Waals surface area contributed by atoms with Crippen molar-refractivity contribution in [2.75, 3.05) is 0 Å². The molecule has 66 valence electrons. The first-order valence-corrected chi connectivity index (χ1v) is 3.61. The van der Waals surface area contributed by atoms with Crippen LogP contribution in [0.5, 0.6) is 0 Å². The molecule has 0 unspecified atom stereocenters. The summed E-state index contributed by atoms with van der Waals surface area (Å²) < 4.78 is 1.68. The van der Waals surface area contributed by atoms with Gasteiger partial charge in [-0.1, -0.05) is 5.16 Å². The maximum absolute atomic E-state index is 8.32. The Morgan fingerprint density at radius 2 is 2.42 bits per heavy atom. The molecule has 0 radical (unpaired) electrons. The summed E-state index contributed by atoms with van der Waals surface area (Å²) in [6.45, 7) is 4.15. The highest BCUT2D eigenvalue weighted by Crippen LogP contribution is 2.00. The summed E-state index contributed by atoms with van der Waals surface area (Å²) in [6.07, 6.45) is 0. The predicted octanol–water partition coefficient (Wildman–Crippen LogP) is 0.246. The second-order valence-corrected chi connectivity index (χ2v) is 2.68. The molecule has 1 aromatic rings. The Bertz CT molecular complexity index is 302. The molecule has 0 saturated heterocycles. The second kappa shape index (κ2) is 3.25. The summed E-state index contributed by atoms with van der Waals surface area (Å²) in [6, 6.07) is 1.94. The van der Waals surface area contributed by atoms with Gasteiger partial charge in [-0.25, -0.2) is 0 Å². The molecular formula is C7H12N4O. The Morgan fingerprint density at radius 1 is 1.75 bits per heavy atom. The van der Waals surface area contributed by atoms with Crippen LogP contribution in [-0.2, 0) is 6.54 Å². The van der Waals surface area contributed by atoms with E-state index < -0.39 is 0 Å². The van der Waals surface area contributed by atoms with E-state index in [1.807, 2.05) is 19.9 Å². The van der Waals surface area contributed by atoms with Gasteiger partial charge in [0.1, 0.15) is 6.54 Å². The van der Waals surface area contributed by atoms with Crippen LogP contribution in [0.3, 0.4) is 0 Å². The van der Waals surface area contributed by atoms with E-state index in [9.17, 15) is 0 Å². The Balaban J connectivity index is 2.82. The molecule has 1 heterocycles. The zero-order valence-electron chi connectivity index (χ0n) is 7.15. The Kier molecular flexibility index (Phi) is 2.32. The molecular weight excluding hydrogens is 156 g/mol. The first kappa shape index (κ1) is 8.58. The minimum Gasteiger partial charge on any atom is -0.409 e. The van der Waals surface area contributed by atoms with Crippen LogP contribution in [0.1, 0.15) is 11.4 Å². The average Bonchev–Trinajstić information content (AvgIpc) is 2.30. The topological polar surface area (TPSA) is 76.4 Å². The van der Waals surface area contributed by atoms with Crippen LogP contribution in [0.2, 0.25) is 0 Å². The summed E-state index contributed by atoms with van der Waals surface area (Å²) in [5.41, 5.74) is 7.25. The molecule has 0 fully saturated rings. The van der Waals surface area contributed by atoms with Crippen LogP contribution in [0.15, 0.2) is 11.2 Å². The van der Waals surface area contributed by atoms with E-state index in [1.165, 1.54) is 0 Å². The van der Waals surface area contributed by atoms with Gasteiger partial charge in [-0.3, -0.25) is 4.68 Å². The molecule has 1 rings (SSSR count). The van der Waals surface area contributed by atoms with Gasteiger partial charge in [0.2, 0.25) is 0 Å². The van der Waals surface area contributed by atoms with Gasteiger partial charge < -0.3 is 10.9 Å². The SMILES string of the molecule is Cc1cc(C)n(C/C(N)=N/O)n1. The largest absolute Gasteiger partial charge is 0.409 e. The lowest BCUT2D eigenvalue weighted by atomic mass is 10.4. The van der Waals surface area contributed by atoms with E-state index in [-0.39, 0.29) is 5.84 Å². The van der Waals surface area contributed by atoms with Gasteiger partial charge >= 0.3 is 0 Å². The first-order valence-electron chi connectivity index (χ1n) is 3.61. The van der Waals surface area contributed by atoms with E-state index in [1.54, 1.807) is 4.68 Å². The van der Waals surface area contributed by atoms with Gasteiger partial charge in [0.15, 0.2) is 5.84 Å². The van der Waals surface area contributed by atoms with Crippen LogP contribution < -0.4 is 5.73 Å². The standard InChI is InChI=1S/C7H12N4O/c1-5-3-6(2)11(9-5)4-7(8)10-12/h3,12H,4H2,1-2H3,(H2,8,10). The van der Waals surface area contributed by atoms with E-state index in [0.29, 0.717) is 6.54 Å². The Hall–Kier alpha value is -1.52. The normalized spacial score (nSPS) is 12.0. The number of oxime groups is 1. The fourth-order valence-electron chi connectivity index (χ4n) is 1.02. The summed E-state index contributed by atoms with van der Waals surface area (Å²) in [5, 5.41) is 15.3. The van der Waals surface area contributed by atoms with Crippen molar-refractivity contribution in [3.63, 3.8) is 0 Å². The third kappa shape index (κ3) is 1.75. The van der Waals surface area contributed by atoms with Crippen LogP contribution in [0, 0.1) is 13.8 Å². The maximum atomic E-state index is 8.32. The molecule has 0 spiro atoms. The number of amidine groups is 1. The molecule has 1 aromatic heterocycles. The molecule has 0 bridgehead atoms. The molecule has 5 heteroatoms. The summed E-state index contributed by atoms with van der Waals surface area (Å²) in [4.78, 5) is 0. The summed E-state index contributed by atoms with van der Waals surface area (Å²) in [5.74, 6) is 0.154. The maximum Gasteiger partial charge on any atom is 0.160 e. The average molecular weight is 168 g/mol. The number of hydrogen-bond donors (Lipinski definition) is 2. The molecule has 5 nitrogen and oxygen atoms in total. The molecule has 0 aromatic carbocycles. The third-order valence-corrected chi connectivity index (χ3v) is 1.54. The van der Waals surface area contributed by atoms with Gasteiger partial charge in [-0.2, -0.15) is 5.10 Å². The number of nitrogens with zero attached hydrogens (tertiary/aromatic N) is 3. The molecule has 0 aliphatic carbocycles. The quantitative estimate of drug-likeness (QED) is 0.287. The Labute approximate surface area is 70.5 Å². The van der Waals surface area contributed by atoms with Crippen molar-refractivity contribution in [2.24, 2.45) is 10.9 Å².